The first-order chi connectivity index (χ1) is 9.74. The van der Waals surface area contributed by atoms with Gasteiger partial charge in [0.15, 0.2) is 16.5 Å². The Morgan fingerprint density at radius 3 is 3.10 bits per heavy atom. The molecule has 0 saturated carbocycles. The number of thiazole rings is 1. The maximum atomic E-state index is 11.6. The van der Waals surface area contributed by atoms with Crippen LogP contribution >= 0.6 is 22.7 Å². The molecule has 0 unspecified atom stereocenters. The van der Waals surface area contributed by atoms with Crippen molar-refractivity contribution in [2.45, 2.75) is 13.0 Å². The van der Waals surface area contributed by atoms with Gasteiger partial charge < -0.3 is 10.0 Å². The smallest absolute Gasteiger partial charge is 0.356 e. The first kappa shape index (κ1) is 11.9. The van der Waals surface area contributed by atoms with E-state index in [4.69, 9.17) is 0 Å². The number of carboxylic acids is 1. The summed E-state index contributed by atoms with van der Waals surface area (Å²) in [5, 5.41) is 13.4. The fourth-order valence-electron chi connectivity index (χ4n) is 2.62. The third-order valence-electron chi connectivity index (χ3n) is 3.55. The normalized spacial score (nSPS) is 14.7. The third kappa shape index (κ3) is 1.66. The largest absolute Gasteiger partial charge is 0.476 e. The van der Waals surface area contributed by atoms with E-state index in [0.717, 1.165) is 24.5 Å². The standard InChI is InChI=1S/C13H11N3O2S2/c17-12(18)10-11(14-13-16(10)4-6-20-13)15-3-1-9-8(7-15)2-5-19-9/h2,4-6H,1,3,7H2,(H,17,18). The molecule has 4 rings (SSSR count). The van der Waals surface area contributed by atoms with Crippen molar-refractivity contribution in [3.8, 4) is 0 Å². The first-order valence-corrected chi connectivity index (χ1v) is 7.99. The van der Waals surface area contributed by atoms with Crippen molar-refractivity contribution in [3.05, 3.63) is 39.2 Å². The second-order valence-electron chi connectivity index (χ2n) is 4.69. The van der Waals surface area contributed by atoms with E-state index in [1.807, 2.05) is 5.38 Å². The fraction of sp³-hybridized carbons (Fsp3) is 0.231. The van der Waals surface area contributed by atoms with E-state index in [2.05, 4.69) is 21.3 Å². The molecule has 0 fully saturated rings. The van der Waals surface area contributed by atoms with Crippen LogP contribution in [0.3, 0.4) is 0 Å². The molecule has 1 aliphatic rings. The van der Waals surface area contributed by atoms with Gasteiger partial charge in [0, 0.05) is 29.5 Å². The van der Waals surface area contributed by atoms with Crippen LogP contribution < -0.4 is 4.90 Å². The van der Waals surface area contributed by atoms with Crippen molar-refractivity contribution in [2.24, 2.45) is 0 Å². The molecule has 3 aromatic heterocycles. The molecule has 0 aromatic carbocycles. The molecule has 1 N–H and O–H groups in total. The first-order valence-electron chi connectivity index (χ1n) is 6.23. The maximum absolute atomic E-state index is 11.6. The Balaban J connectivity index is 1.81. The number of hydrogen-bond donors (Lipinski definition) is 1. The minimum absolute atomic E-state index is 0.264. The molecule has 0 amide bonds. The average Bonchev–Trinajstić information content (AvgIpc) is 3.11. The van der Waals surface area contributed by atoms with Crippen LogP contribution in [0.1, 0.15) is 20.9 Å². The van der Waals surface area contributed by atoms with Crippen LogP contribution in [0.2, 0.25) is 0 Å². The van der Waals surface area contributed by atoms with Crippen LogP contribution in [0.25, 0.3) is 4.96 Å². The summed E-state index contributed by atoms with van der Waals surface area (Å²) in [6.07, 6.45) is 2.72. The van der Waals surface area contributed by atoms with E-state index in [0.29, 0.717) is 5.82 Å². The van der Waals surface area contributed by atoms with Gasteiger partial charge in [0.1, 0.15) is 0 Å². The number of fused-ring (bicyclic) bond motifs is 2. The summed E-state index contributed by atoms with van der Waals surface area (Å²) in [6.45, 7) is 1.56. The van der Waals surface area contributed by atoms with Crippen LogP contribution in [-0.2, 0) is 13.0 Å². The number of hydrogen-bond acceptors (Lipinski definition) is 5. The quantitative estimate of drug-likeness (QED) is 0.791. The number of nitrogens with zero attached hydrogens (tertiary/aromatic N) is 3. The van der Waals surface area contributed by atoms with Crippen LogP contribution in [0, 0.1) is 0 Å². The summed E-state index contributed by atoms with van der Waals surface area (Å²) in [5.41, 5.74) is 1.55. The lowest BCUT2D eigenvalue weighted by Gasteiger charge is -2.27. The Hall–Kier alpha value is -1.86. The predicted octanol–water partition coefficient (Wildman–Crippen LogP) is 2.72. The third-order valence-corrected chi connectivity index (χ3v) is 5.33. The van der Waals surface area contributed by atoms with E-state index >= 15 is 0 Å². The summed E-state index contributed by atoms with van der Waals surface area (Å²) in [4.78, 5) is 20.3. The Labute approximate surface area is 122 Å². The van der Waals surface area contributed by atoms with Gasteiger partial charge in [0.2, 0.25) is 0 Å². The Morgan fingerprint density at radius 1 is 1.35 bits per heavy atom. The van der Waals surface area contributed by atoms with Crippen molar-refractivity contribution < 1.29 is 9.90 Å². The van der Waals surface area contributed by atoms with Gasteiger partial charge in [0.25, 0.3) is 0 Å². The summed E-state index contributed by atoms with van der Waals surface area (Å²) in [7, 11) is 0. The zero-order valence-corrected chi connectivity index (χ0v) is 12.1. The molecule has 7 heteroatoms. The van der Waals surface area contributed by atoms with E-state index in [1.165, 1.54) is 21.8 Å². The zero-order chi connectivity index (χ0) is 13.7. The van der Waals surface area contributed by atoms with Gasteiger partial charge in [-0.3, -0.25) is 4.40 Å². The minimum atomic E-state index is -0.929. The average molecular weight is 305 g/mol. The molecule has 0 aliphatic carbocycles. The molecule has 1 aliphatic heterocycles. The molecule has 0 radical (unpaired) electrons. The number of aromatic nitrogens is 2. The lowest BCUT2D eigenvalue weighted by atomic mass is 10.1. The van der Waals surface area contributed by atoms with Crippen LogP contribution in [0.15, 0.2) is 23.0 Å². The number of thiophene rings is 1. The molecule has 0 atom stereocenters. The van der Waals surface area contributed by atoms with Gasteiger partial charge in [0.05, 0.1) is 0 Å². The van der Waals surface area contributed by atoms with Gasteiger partial charge in [-0.2, -0.15) is 0 Å². The molecule has 20 heavy (non-hydrogen) atoms. The molecule has 0 bridgehead atoms. The van der Waals surface area contributed by atoms with Crippen molar-refractivity contribution in [1.82, 2.24) is 9.38 Å². The van der Waals surface area contributed by atoms with Crippen molar-refractivity contribution in [2.75, 3.05) is 11.4 Å². The predicted molar refractivity (Wildman–Crippen MR) is 79.1 cm³/mol. The summed E-state index contributed by atoms with van der Waals surface area (Å²) < 4.78 is 1.66. The van der Waals surface area contributed by atoms with Gasteiger partial charge in [-0.15, -0.1) is 22.7 Å². The van der Waals surface area contributed by atoms with Crippen molar-refractivity contribution >= 4 is 39.4 Å². The number of carbonyl (C=O) groups is 1. The summed E-state index contributed by atoms with van der Waals surface area (Å²) in [5.74, 6) is -0.344. The number of aromatic carboxylic acids is 1. The fourth-order valence-corrected chi connectivity index (χ4v) is 4.22. The second kappa shape index (κ2) is 4.32. The number of rotatable bonds is 2. The van der Waals surface area contributed by atoms with Crippen LogP contribution in [0.4, 0.5) is 5.82 Å². The zero-order valence-electron chi connectivity index (χ0n) is 10.4. The highest BCUT2D eigenvalue weighted by molar-refractivity contribution is 7.15. The Bertz CT molecular complexity index is 802. The number of carboxylic acid groups (broad SMARTS) is 1. The van der Waals surface area contributed by atoms with Crippen molar-refractivity contribution in [1.29, 1.82) is 0 Å². The van der Waals surface area contributed by atoms with Gasteiger partial charge >= 0.3 is 5.97 Å². The van der Waals surface area contributed by atoms with E-state index in [9.17, 15) is 9.90 Å². The molecule has 0 spiro atoms. The highest BCUT2D eigenvalue weighted by atomic mass is 32.1. The molecule has 5 nitrogen and oxygen atoms in total. The maximum Gasteiger partial charge on any atom is 0.356 e. The lowest BCUT2D eigenvalue weighted by molar-refractivity contribution is 0.0690. The lowest BCUT2D eigenvalue weighted by Crippen LogP contribution is -2.31. The second-order valence-corrected chi connectivity index (χ2v) is 6.56. The highest BCUT2D eigenvalue weighted by Crippen LogP contribution is 2.31. The van der Waals surface area contributed by atoms with Gasteiger partial charge in [-0.25, -0.2) is 9.78 Å². The topological polar surface area (TPSA) is 57.8 Å². The van der Waals surface area contributed by atoms with E-state index in [-0.39, 0.29) is 5.69 Å². The van der Waals surface area contributed by atoms with Gasteiger partial charge in [-0.05, 0) is 23.4 Å². The minimum Gasteiger partial charge on any atom is -0.476 e. The Kier molecular flexibility index (Phi) is 2.58. The molecule has 0 saturated heterocycles. The van der Waals surface area contributed by atoms with Crippen LogP contribution in [-0.4, -0.2) is 27.0 Å². The monoisotopic (exact) mass is 305 g/mol. The number of imidazole rings is 1. The summed E-state index contributed by atoms with van der Waals surface area (Å²) in [6, 6.07) is 2.12. The molecular weight excluding hydrogens is 294 g/mol. The van der Waals surface area contributed by atoms with E-state index in [1.54, 1.807) is 21.9 Å². The Morgan fingerprint density at radius 2 is 2.25 bits per heavy atom. The van der Waals surface area contributed by atoms with Crippen molar-refractivity contribution in [3.63, 3.8) is 0 Å². The highest BCUT2D eigenvalue weighted by Gasteiger charge is 2.26. The van der Waals surface area contributed by atoms with Gasteiger partial charge in [-0.1, -0.05) is 0 Å². The molecular formula is C13H11N3O2S2. The van der Waals surface area contributed by atoms with E-state index < -0.39 is 5.97 Å². The molecule has 4 heterocycles. The summed E-state index contributed by atoms with van der Waals surface area (Å²) >= 11 is 3.23. The number of anilines is 1. The van der Waals surface area contributed by atoms with Crippen LogP contribution in [0.5, 0.6) is 0 Å². The molecule has 3 aromatic rings. The molecule has 102 valence electrons. The SMILES string of the molecule is O=C(O)c1c(N2CCc3sccc3C2)nc2sccn12.